The lowest BCUT2D eigenvalue weighted by atomic mass is 10.1. The van der Waals surface area contributed by atoms with Crippen LogP contribution in [0.5, 0.6) is 0 Å². The highest BCUT2D eigenvalue weighted by Crippen LogP contribution is 2.18. The van der Waals surface area contributed by atoms with E-state index in [1.807, 2.05) is 12.4 Å². The quantitative estimate of drug-likeness (QED) is 0.758. The van der Waals surface area contributed by atoms with Crippen LogP contribution in [0.15, 0.2) is 12.4 Å². The van der Waals surface area contributed by atoms with Crippen LogP contribution in [0, 0.1) is 5.92 Å². The van der Waals surface area contributed by atoms with Crippen LogP contribution in [-0.2, 0) is 6.42 Å². The van der Waals surface area contributed by atoms with E-state index in [1.165, 1.54) is 0 Å². The van der Waals surface area contributed by atoms with E-state index in [0.717, 1.165) is 43.7 Å². The van der Waals surface area contributed by atoms with Crippen molar-refractivity contribution in [3.63, 3.8) is 0 Å². The fourth-order valence-corrected chi connectivity index (χ4v) is 2.57. The number of hydrogen-bond donors (Lipinski definition) is 1. The van der Waals surface area contributed by atoms with E-state index in [4.69, 9.17) is 5.73 Å². The van der Waals surface area contributed by atoms with Crippen LogP contribution in [-0.4, -0.2) is 28.6 Å². The summed E-state index contributed by atoms with van der Waals surface area (Å²) in [5.74, 6) is 1.45. The SMILES string of the molecule is CCC(N)Cc1cnc(N(CC(C)C)C(CC)CC)nc1. The zero-order valence-corrected chi connectivity index (χ0v) is 14.3. The first kappa shape index (κ1) is 17.9. The molecule has 0 bridgehead atoms. The fourth-order valence-electron chi connectivity index (χ4n) is 2.57. The Bertz CT molecular complexity index is 384. The lowest BCUT2D eigenvalue weighted by Gasteiger charge is -2.32. The summed E-state index contributed by atoms with van der Waals surface area (Å²) in [5.41, 5.74) is 7.12. The van der Waals surface area contributed by atoms with Gasteiger partial charge in [0.1, 0.15) is 0 Å². The Balaban J connectivity index is 2.87. The molecule has 0 spiro atoms. The molecule has 0 fully saturated rings. The largest absolute Gasteiger partial charge is 0.338 e. The summed E-state index contributed by atoms with van der Waals surface area (Å²) in [7, 11) is 0. The molecule has 120 valence electrons. The van der Waals surface area contributed by atoms with Crippen molar-refractivity contribution >= 4 is 5.95 Å². The summed E-state index contributed by atoms with van der Waals surface area (Å²) in [6.07, 6.45) is 7.95. The molecule has 1 unspecified atom stereocenters. The van der Waals surface area contributed by atoms with Gasteiger partial charge in [-0.2, -0.15) is 0 Å². The zero-order valence-electron chi connectivity index (χ0n) is 14.3. The topological polar surface area (TPSA) is 55.0 Å². The van der Waals surface area contributed by atoms with E-state index in [9.17, 15) is 0 Å². The maximum Gasteiger partial charge on any atom is 0.225 e. The second-order valence-electron chi connectivity index (χ2n) is 6.28. The van der Waals surface area contributed by atoms with Gasteiger partial charge in [-0.1, -0.05) is 34.6 Å². The molecule has 2 N–H and O–H groups in total. The van der Waals surface area contributed by atoms with Gasteiger partial charge in [0.05, 0.1) is 0 Å². The van der Waals surface area contributed by atoms with Crippen molar-refractivity contribution in [3.05, 3.63) is 18.0 Å². The Labute approximate surface area is 130 Å². The summed E-state index contributed by atoms with van der Waals surface area (Å²) in [4.78, 5) is 11.5. The lowest BCUT2D eigenvalue weighted by molar-refractivity contribution is 0.498. The first-order valence-corrected chi connectivity index (χ1v) is 8.34. The first-order chi connectivity index (χ1) is 10.0. The molecule has 0 aliphatic heterocycles. The minimum Gasteiger partial charge on any atom is -0.338 e. The summed E-state index contributed by atoms with van der Waals surface area (Å²) >= 11 is 0. The molecule has 0 radical (unpaired) electrons. The van der Waals surface area contributed by atoms with Crippen molar-refractivity contribution in [2.75, 3.05) is 11.4 Å². The normalized spacial score (nSPS) is 13.0. The molecule has 0 amide bonds. The Morgan fingerprint density at radius 2 is 1.62 bits per heavy atom. The number of rotatable bonds is 9. The Morgan fingerprint density at radius 1 is 1.05 bits per heavy atom. The van der Waals surface area contributed by atoms with Crippen molar-refractivity contribution in [3.8, 4) is 0 Å². The first-order valence-electron chi connectivity index (χ1n) is 8.34. The Morgan fingerprint density at radius 3 is 2.05 bits per heavy atom. The van der Waals surface area contributed by atoms with Crippen molar-refractivity contribution in [2.24, 2.45) is 11.7 Å². The molecule has 21 heavy (non-hydrogen) atoms. The highest BCUT2D eigenvalue weighted by atomic mass is 15.3. The van der Waals surface area contributed by atoms with Gasteiger partial charge in [0.15, 0.2) is 0 Å². The molecular formula is C17H32N4. The summed E-state index contributed by atoms with van der Waals surface area (Å²) in [6, 6.07) is 0.710. The van der Waals surface area contributed by atoms with E-state index in [0.29, 0.717) is 12.0 Å². The second kappa shape index (κ2) is 8.98. The molecule has 0 saturated carbocycles. The molecule has 4 nitrogen and oxygen atoms in total. The van der Waals surface area contributed by atoms with Crippen molar-refractivity contribution < 1.29 is 0 Å². The van der Waals surface area contributed by atoms with E-state index < -0.39 is 0 Å². The van der Waals surface area contributed by atoms with Gasteiger partial charge in [0.2, 0.25) is 5.95 Å². The van der Waals surface area contributed by atoms with Crippen LogP contribution < -0.4 is 10.6 Å². The number of nitrogens with zero attached hydrogens (tertiary/aromatic N) is 3. The Kier molecular flexibility index (Phi) is 7.65. The average Bonchev–Trinajstić information content (AvgIpc) is 2.47. The molecule has 1 heterocycles. The zero-order chi connectivity index (χ0) is 15.8. The molecule has 1 rings (SSSR count). The third kappa shape index (κ3) is 5.62. The minimum atomic E-state index is 0.199. The van der Waals surface area contributed by atoms with Crippen LogP contribution >= 0.6 is 0 Å². The van der Waals surface area contributed by atoms with Gasteiger partial charge in [-0.05, 0) is 37.2 Å². The number of aromatic nitrogens is 2. The maximum atomic E-state index is 5.99. The summed E-state index contributed by atoms with van der Waals surface area (Å²) < 4.78 is 0. The van der Waals surface area contributed by atoms with E-state index in [1.54, 1.807) is 0 Å². The van der Waals surface area contributed by atoms with Gasteiger partial charge in [-0.3, -0.25) is 0 Å². The molecule has 0 aromatic carbocycles. The van der Waals surface area contributed by atoms with E-state index in [-0.39, 0.29) is 6.04 Å². The van der Waals surface area contributed by atoms with Crippen molar-refractivity contribution in [1.82, 2.24) is 9.97 Å². The summed E-state index contributed by atoms with van der Waals surface area (Å²) in [6.45, 7) is 12.1. The van der Waals surface area contributed by atoms with E-state index in [2.05, 4.69) is 49.5 Å². The highest BCUT2D eigenvalue weighted by Gasteiger charge is 2.19. The third-order valence-electron chi connectivity index (χ3n) is 3.92. The molecule has 0 aliphatic rings. The minimum absolute atomic E-state index is 0.199. The van der Waals surface area contributed by atoms with Crippen LogP contribution in [0.25, 0.3) is 0 Å². The van der Waals surface area contributed by atoms with Gasteiger partial charge < -0.3 is 10.6 Å². The van der Waals surface area contributed by atoms with Crippen LogP contribution in [0.2, 0.25) is 0 Å². The highest BCUT2D eigenvalue weighted by molar-refractivity contribution is 5.32. The molecule has 0 saturated heterocycles. The molecule has 1 aromatic heterocycles. The van der Waals surface area contributed by atoms with Gasteiger partial charge in [-0.25, -0.2) is 9.97 Å². The number of nitrogens with two attached hydrogens (primary N) is 1. The van der Waals surface area contributed by atoms with Crippen LogP contribution in [0.3, 0.4) is 0 Å². The number of anilines is 1. The molecular weight excluding hydrogens is 260 g/mol. The Hall–Kier alpha value is -1.16. The van der Waals surface area contributed by atoms with Gasteiger partial charge in [0, 0.05) is 31.0 Å². The monoisotopic (exact) mass is 292 g/mol. The molecule has 4 heteroatoms. The molecule has 1 aromatic rings. The number of hydrogen-bond acceptors (Lipinski definition) is 4. The van der Waals surface area contributed by atoms with Crippen molar-refractivity contribution in [1.29, 1.82) is 0 Å². The lowest BCUT2D eigenvalue weighted by Crippen LogP contribution is -2.38. The third-order valence-corrected chi connectivity index (χ3v) is 3.92. The molecule has 1 atom stereocenters. The van der Waals surface area contributed by atoms with Gasteiger partial charge in [-0.15, -0.1) is 0 Å². The van der Waals surface area contributed by atoms with Gasteiger partial charge >= 0.3 is 0 Å². The predicted molar refractivity (Wildman–Crippen MR) is 90.6 cm³/mol. The fraction of sp³-hybridized carbons (Fsp3) is 0.765. The average molecular weight is 292 g/mol. The van der Waals surface area contributed by atoms with Crippen LogP contribution in [0.4, 0.5) is 5.95 Å². The van der Waals surface area contributed by atoms with Gasteiger partial charge in [0.25, 0.3) is 0 Å². The predicted octanol–water partition coefficient (Wildman–Crippen LogP) is 3.41. The van der Waals surface area contributed by atoms with E-state index >= 15 is 0 Å². The maximum absolute atomic E-state index is 5.99. The smallest absolute Gasteiger partial charge is 0.225 e. The van der Waals surface area contributed by atoms with Crippen molar-refractivity contribution in [2.45, 2.75) is 72.4 Å². The molecule has 0 aliphatic carbocycles. The summed E-state index contributed by atoms with van der Waals surface area (Å²) in [5, 5.41) is 0. The van der Waals surface area contributed by atoms with Crippen LogP contribution in [0.1, 0.15) is 59.4 Å². The second-order valence-corrected chi connectivity index (χ2v) is 6.28. The standard InChI is InChI=1S/C17H32N4/c1-6-15(18)9-14-10-19-17(20-11-14)21(12-13(4)5)16(7-2)8-3/h10-11,13,15-16H,6-9,12,18H2,1-5H3.